The van der Waals surface area contributed by atoms with Crippen LogP contribution in [0.4, 0.5) is 18.3 Å². The van der Waals surface area contributed by atoms with Gasteiger partial charge in [0.05, 0.1) is 26.9 Å². The Morgan fingerprint density at radius 3 is 2.12 bits per heavy atom. The first-order valence-corrected chi connectivity index (χ1v) is 7.13. The topological polar surface area (TPSA) is 82.6 Å². The maximum Gasteiger partial charge on any atom is 0.445 e. The smallest absolute Gasteiger partial charge is 0.445 e. The lowest BCUT2D eigenvalue weighted by Crippen LogP contribution is -2.13. The molecule has 0 fully saturated rings. The number of hydrogen-bond donors (Lipinski definition) is 1. The molecule has 0 saturated carbocycles. The van der Waals surface area contributed by atoms with Crippen molar-refractivity contribution in [2.75, 3.05) is 26.6 Å². The van der Waals surface area contributed by atoms with Crippen LogP contribution in [0.3, 0.4) is 0 Å². The number of rotatable bonds is 5. The van der Waals surface area contributed by atoms with Crippen LogP contribution in [-0.2, 0) is 6.18 Å². The van der Waals surface area contributed by atoms with E-state index in [0.717, 1.165) is 0 Å². The number of benzene rings is 1. The Bertz CT molecular complexity index is 749. The average Bonchev–Trinajstić information content (AvgIpc) is 3.02. The third kappa shape index (κ3) is 3.67. The van der Waals surface area contributed by atoms with Gasteiger partial charge >= 0.3 is 6.18 Å². The van der Waals surface area contributed by atoms with E-state index < -0.39 is 17.1 Å². The minimum Gasteiger partial charge on any atom is -0.496 e. The van der Waals surface area contributed by atoms with Gasteiger partial charge in [0, 0.05) is 12.1 Å². The summed E-state index contributed by atoms with van der Waals surface area (Å²) in [5, 5.41) is 7.09. The molecule has 130 valence electrons. The number of ether oxygens (including phenoxy) is 3. The molecule has 1 aromatic carbocycles. The summed E-state index contributed by atoms with van der Waals surface area (Å²) in [6.45, 7) is 0. The molecule has 0 aliphatic rings. The Morgan fingerprint density at radius 1 is 1.04 bits per heavy atom. The van der Waals surface area contributed by atoms with Crippen molar-refractivity contribution >= 4 is 22.4 Å². The van der Waals surface area contributed by atoms with E-state index in [1.807, 2.05) is 0 Å². The molecule has 1 N–H and O–H groups in total. The van der Waals surface area contributed by atoms with Crippen molar-refractivity contribution in [3.63, 3.8) is 0 Å². The van der Waals surface area contributed by atoms with Crippen LogP contribution in [0.15, 0.2) is 12.1 Å². The molecule has 0 aliphatic heterocycles. The van der Waals surface area contributed by atoms with E-state index in [-0.39, 0.29) is 33.5 Å². The summed E-state index contributed by atoms with van der Waals surface area (Å²) < 4.78 is 52.8. The van der Waals surface area contributed by atoms with E-state index in [9.17, 15) is 18.0 Å². The standard InChI is InChI=1S/C13H12F3N3O4S/c1-21-7-5-9(23-3)8(22-2)4-6(7)10(20)17-12-19-18-11(24-12)13(14,15)16/h4-5H,1-3H3,(H,17,19,20). The maximum absolute atomic E-state index is 12.5. The second-order valence-corrected chi connectivity index (χ2v) is 5.25. The van der Waals surface area contributed by atoms with E-state index in [4.69, 9.17) is 14.2 Å². The van der Waals surface area contributed by atoms with E-state index in [2.05, 4.69) is 15.5 Å². The number of amides is 1. The van der Waals surface area contributed by atoms with Crippen LogP contribution < -0.4 is 19.5 Å². The normalized spacial score (nSPS) is 11.1. The summed E-state index contributed by atoms with van der Waals surface area (Å²) in [7, 11) is 4.13. The van der Waals surface area contributed by atoms with Crippen molar-refractivity contribution in [2.45, 2.75) is 6.18 Å². The molecule has 1 aromatic heterocycles. The number of nitrogens with zero attached hydrogens (tertiary/aromatic N) is 2. The fourth-order valence-electron chi connectivity index (χ4n) is 1.76. The predicted molar refractivity (Wildman–Crippen MR) is 79.0 cm³/mol. The lowest BCUT2D eigenvalue weighted by Gasteiger charge is -2.13. The molecule has 0 radical (unpaired) electrons. The van der Waals surface area contributed by atoms with Crippen LogP contribution in [0.25, 0.3) is 0 Å². The minimum atomic E-state index is -4.62. The maximum atomic E-state index is 12.5. The Hall–Kier alpha value is -2.56. The molecule has 0 unspecified atom stereocenters. The third-order valence-electron chi connectivity index (χ3n) is 2.84. The van der Waals surface area contributed by atoms with E-state index >= 15 is 0 Å². The van der Waals surface area contributed by atoms with Gasteiger partial charge in [0.1, 0.15) is 5.75 Å². The van der Waals surface area contributed by atoms with Gasteiger partial charge in [-0.25, -0.2) is 0 Å². The molecule has 0 spiro atoms. The molecule has 2 aromatic rings. The fraction of sp³-hybridized carbons (Fsp3) is 0.308. The first-order valence-electron chi connectivity index (χ1n) is 6.32. The van der Waals surface area contributed by atoms with Crippen molar-refractivity contribution in [1.82, 2.24) is 10.2 Å². The van der Waals surface area contributed by atoms with Gasteiger partial charge in [-0.3, -0.25) is 10.1 Å². The zero-order valence-corrected chi connectivity index (χ0v) is 13.5. The summed E-state index contributed by atoms with van der Waals surface area (Å²) in [5.41, 5.74) is 0.0407. The van der Waals surface area contributed by atoms with Gasteiger partial charge in [-0.1, -0.05) is 11.3 Å². The van der Waals surface area contributed by atoms with Crippen molar-refractivity contribution in [3.05, 3.63) is 22.7 Å². The number of aromatic nitrogens is 2. The molecule has 0 atom stereocenters. The molecule has 2 rings (SSSR count). The zero-order chi connectivity index (χ0) is 17.9. The van der Waals surface area contributed by atoms with Crippen LogP contribution in [0.1, 0.15) is 15.4 Å². The van der Waals surface area contributed by atoms with Gasteiger partial charge in [-0.15, -0.1) is 10.2 Å². The van der Waals surface area contributed by atoms with Gasteiger partial charge in [0.2, 0.25) is 10.1 Å². The van der Waals surface area contributed by atoms with E-state index in [1.54, 1.807) is 0 Å². The van der Waals surface area contributed by atoms with Crippen molar-refractivity contribution in [3.8, 4) is 17.2 Å². The summed E-state index contributed by atoms with van der Waals surface area (Å²) in [4.78, 5) is 12.3. The van der Waals surface area contributed by atoms with Crippen molar-refractivity contribution in [2.24, 2.45) is 0 Å². The highest BCUT2D eigenvalue weighted by atomic mass is 32.1. The Labute approximate surface area is 138 Å². The number of carbonyl (C=O) groups excluding carboxylic acids is 1. The van der Waals surface area contributed by atoms with Crippen molar-refractivity contribution in [1.29, 1.82) is 0 Å². The molecule has 0 bridgehead atoms. The summed E-state index contributed by atoms with van der Waals surface area (Å²) in [5.74, 6) is 0.0289. The van der Waals surface area contributed by atoms with E-state index in [1.165, 1.54) is 33.5 Å². The van der Waals surface area contributed by atoms with Crippen LogP contribution in [0, 0.1) is 0 Å². The van der Waals surface area contributed by atoms with Crippen LogP contribution in [0.5, 0.6) is 17.2 Å². The van der Waals surface area contributed by atoms with Gasteiger partial charge in [0.25, 0.3) is 5.91 Å². The number of anilines is 1. The summed E-state index contributed by atoms with van der Waals surface area (Å²) >= 11 is 0.218. The molecule has 1 heterocycles. The van der Waals surface area contributed by atoms with Crippen molar-refractivity contribution < 1.29 is 32.2 Å². The quantitative estimate of drug-likeness (QED) is 0.880. The molecule has 11 heteroatoms. The Kier molecular flexibility index (Phi) is 5.12. The zero-order valence-electron chi connectivity index (χ0n) is 12.7. The third-order valence-corrected chi connectivity index (χ3v) is 3.72. The molecular formula is C13H12F3N3O4S. The number of hydrogen-bond acceptors (Lipinski definition) is 7. The van der Waals surface area contributed by atoms with Crippen LogP contribution in [-0.4, -0.2) is 37.4 Å². The van der Waals surface area contributed by atoms with Gasteiger partial charge in [-0.05, 0) is 0 Å². The highest BCUT2D eigenvalue weighted by Gasteiger charge is 2.36. The fourth-order valence-corrected chi connectivity index (χ4v) is 2.37. The van der Waals surface area contributed by atoms with Gasteiger partial charge in [0.15, 0.2) is 11.5 Å². The van der Waals surface area contributed by atoms with Crippen LogP contribution >= 0.6 is 11.3 Å². The molecule has 0 saturated heterocycles. The molecule has 0 aliphatic carbocycles. The van der Waals surface area contributed by atoms with Crippen LogP contribution in [0.2, 0.25) is 0 Å². The summed E-state index contributed by atoms with van der Waals surface area (Å²) in [6, 6.07) is 2.77. The number of methoxy groups -OCH3 is 3. The molecule has 7 nitrogen and oxygen atoms in total. The lowest BCUT2D eigenvalue weighted by molar-refractivity contribution is -0.138. The number of alkyl halides is 3. The van der Waals surface area contributed by atoms with Gasteiger partial charge in [-0.2, -0.15) is 13.2 Å². The van der Waals surface area contributed by atoms with Gasteiger partial charge < -0.3 is 14.2 Å². The molecular weight excluding hydrogens is 351 g/mol. The van der Waals surface area contributed by atoms with E-state index in [0.29, 0.717) is 5.75 Å². The Balaban J connectivity index is 2.30. The molecule has 1 amide bonds. The monoisotopic (exact) mass is 363 g/mol. The summed E-state index contributed by atoms with van der Waals surface area (Å²) in [6.07, 6.45) is -4.62. The Morgan fingerprint density at radius 2 is 1.62 bits per heavy atom. The second-order valence-electron chi connectivity index (χ2n) is 4.27. The lowest BCUT2D eigenvalue weighted by atomic mass is 10.1. The number of halogens is 3. The number of nitrogens with one attached hydrogen (secondary N) is 1. The minimum absolute atomic E-state index is 0.0407. The highest BCUT2D eigenvalue weighted by molar-refractivity contribution is 7.15. The largest absolute Gasteiger partial charge is 0.496 e. The predicted octanol–water partition coefficient (Wildman–Crippen LogP) is 2.84. The molecule has 24 heavy (non-hydrogen) atoms. The SMILES string of the molecule is COc1cc(OC)c(C(=O)Nc2nnc(C(F)(F)F)s2)cc1OC. The average molecular weight is 363 g/mol. The first-order chi connectivity index (χ1) is 11.3. The second kappa shape index (κ2) is 6.91. The first kappa shape index (κ1) is 17.8. The highest BCUT2D eigenvalue weighted by Crippen LogP contribution is 2.36. The number of carbonyl (C=O) groups is 1.